The number of nitrogens with zero attached hydrogens (tertiary/aromatic N) is 3. The van der Waals surface area contributed by atoms with E-state index < -0.39 is 36.2 Å². The summed E-state index contributed by atoms with van der Waals surface area (Å²) < 4.78 is 58.5. The number of amides is 1. The lowest BCUT2D eigenvalue weighted by atomic mass is 10.0. The molecule has 0 radical (unpaired) electrons. The van der Waals surface area contributed by atoms with Crippen molar-refractivity contribution in [1.82, 2.24) is 20.4 Å². The topological polar surface area (TPSA) is 97.8 Å². The van der Waals surface area contributed by atoms with Gasteiger partial charge in [-0.2, -0.15) is 0 Å². The van der Waals surface area contributed by atoms with E-state index in [4.69, 9.17) is 25.8 Å². The molecule has 3 heterocycles. The minimum atomic E-state index is -2.95. The van der Waals surface area contributed by atoms with Gasteiger partial charge in [-0.15, -0.1) is 0 Å². The summed E-state index contributed by atoms with van der Waals surface area (Å²) in [5, 5.41) is 4.64. The summed E-state index contributed by atoms with van der Waals surface area (Å²) in [5.41, 5.74) is 2.86. The molecule has 1 unspecified atom stereocenters. The third-order valence-corrected chi connectivity index (χ3v) is 5.77. The van der Waals surface area contributed by atoms with Gasteiger partial charge in [-0.05, 0) is 18.5 Å². The number of hydrogen-bond acceptors (Lipinski definition) is 8. The van der Waals surface area contributed by atoms with Crippen LogP contribution < -0.4 is 10.7 Å². The third-order valence-electron chi connectivity index (χ3n) is 5.61. The Kier molecular flexibility index (Phi) is 8.07. The number of halogens is 4. The highest BCUT2D eigenvalue weighted by molar-refractivity contribution is 6.28. The van der Waals surface area contributed by atoms with Crippen LogP contribution in [0.5, 0.6) is 0 Å². The van der Waals surface area contributed by atoms with E-state index in [1.807, 2.05) is 0 Å². The summed E-state index contributed by atoms with van der Waals surface area (Å²) in [6.07, 6.45) is -4.42. The van der Waals surface area contributed by atoms with Crippen LogP contribution in [-0.2, 0) is 19.0 Å². The molecule has 2 aromatic rings. The van der Waals surface area contributed by atoms with Gasteiger partial charge in [-0.25, -0.2) is 28.1 Å². The molecule has 35 heavy (non-hydrogen) atoms. The Labute approximate surface area is 204 Å². The number of hydrazine groups is 1. The third kappa shape index (κ3) is 5.84. The second-order valence-electron chi connectivity index (χ2n) is 8.10. The fourth-order valence-corrected chi connectivity index (χ4v) is 4.24. The van der Waals surface area contributed by atoms with Gasteiger partial charge in [0.25, 0.3) is 6.43 Å². The highest BCUT2D eigenvalue weighted by Crippen LogP contribution is 2.38. The normalized spacial score (nSPS) is 20.3. The first-order valence-electron chi connectivity index (χ1n) is 11.0. The van der Waals surface area contributed by atoms with Crippen LogP contribution in [0.4, 0.5) is 19.0 Å². The number of carbonyl (C=O) groups excluding carboxylic acids is 1. The monoisotopic (exact) mass is 515 g/mol. The van der Waals surface area contributed by atoms with Gasteiger partial charge in [0.05, 0.1) is 49.2 Å². The summed E-state index contributed by atoms with van der Waals surface area (Å²) in [7, 11) is 0. The number of anilines is 1. The van der Waals surface area contributed by atoms with Crippen LogP contribution in [-0.4, -0.2) is 53.8 Å². The molecule has 2 aliphatic rings. The lowest BCUT2D eigenvalue weighted by Crippen LogP contribution is -2.48. The highest BCUT2D eigenvalue weighted by Gasteiger charge is 2.34. The lowest BCUT2D eigenvalue weighted by Gasteiger charge is -2.34. The zero-order valence-electron chi connectivity index (χ0n) is 19.1. The summed E-state index contributed by atoms with van der Waals surface area (Å²) in [4.78, 5) is 20.2. The molecule has 1 aromatic carbocycles. The molecular weight excluding hydrogens is 491 g/mol. The van der Waals surface area contributed by atoms with Crippen LogP contribution in [0.2, 0.25) is 5.28 Å². The van der Waals surface area contributed by atoms with Crippen molar-refractivity contribution >= 4 is 23.3 Å². The molecule has 9 nitrogen and oxygen atoms in total. The molecular formula is C22H25ClF3N5O4. The number of carbonyl (C=O) groups is 1. The number of aromatic nitrogens is 2. The van der Waals surface area contributed by atoms with Gasteiger partial charge in [0.2, 0.25) is 11.2 Å². The predicted molar refractivity (Wildman–Crippen MR) is 119 cm³/mol. The fraction of sp³-hybridized carbons (Fsp3) is 0.500. The van der Waals surface area contributed by atoms with Crippen molar-refractivity contribution in [3.05, 3.63) is 51.7 Å². The number of nitrogens with one attached hydrogen (secondary N) is 2. The smallest absolute Gasteiger partial charge is 0.266 e. The van der Waals surface area contributed by atoms with Crippen LogP contribution in [0.1, 0.15) is 61.1 Å². The number of hydrogen-bond donors (Lipinski definition) is 2. The summed E-state index contributed by atoms with van der Waals surface area (Å²) >= 11 is 6.24. The first-order valence-corrected chi connectivity index (χ1v) is 11.4. The highest BCUT2D eigenvalue weighted by atomic mass is 35.5. The number of benzene rings is 1. The Balaban J connectivity index is 1.70. The average Bonchev–Trinajstić information content (AvgIpc) is 3.32. The van der Waals surface area contributed by atoms with Crippen molar-refractivity contribution in [2.24, 2.45) is 0 Å². The molecule has 0 saturated carbocycles. The Bertz CT molecular complexity index is 1070. The van der Waals surface area contributed by atoms with Crippen LogP contribution in [0.3, 0.4) is 0 Å². The van der Waals surface area contributed by atoms with Crippen LogP contribution >= 0.6 is 11.6 Å². The van der Waals surface area contributed by atoms with Gasteiger partial charge >= 0.3 is 0 Å². The largest absolute Gasteiger partial charge is 0.369 e. The first kappa shape index (κ1) is 25.6. The maximum absolute atomic E-state index is 14.8. The van der Waals surface area contributed by atoms with Gasteiger partial charge in [0, 0.05) is 19.0 Å². The Hall–Kier alpha value is -2.51. The lowest BCUT2D eigenvalue weighted by molar-refractivity contribution is -0.128. The molecule has 2 aliphatic heterocycles. The molecule has 13 heteroatoms. The quantitative estimate of drug-likeness (QED) is 0.537. The SMILES string of the molecule is CC(=O)NN1CCO[C@@H](c2nc(Cl)nc(NC(C)c3cccc(C(F)F)c3F)c2C2OCCO2)C1. The predicted octanol–water partition coefficient (Wildman–Crippen LogP) is 3.85. The minimum Gasteiger partial charge on any atom is -0.369 e. The maximum atomic E-state index is 14.8. The molecule has 4 rings (SSSR count). The van der Waals surface area contributed by atoms with Crippen molar-refractivity contribution < 1.29 is 32.2 Å². The molecule has 0 aliphatic carbocycles. The van der Waals surface area contributed by atoms with Crippen molar-refractivity contribution in [2.75, 3.05) is 38.2 Å². The van der Waals surface area contributed by atoms with E-state index in [1.54, 1.807) is 11.9 Å². The zero-order valence-corrected chi connectivity index (χ0v) is 19.8. The van der Waals surface area contributed by atoms with E-state index in [0.717, 1.165) is 6.07 Å². The van der Waals surface area contributed by atoms with Crippen molar-refractivity contribution in [2.45, 2.75) is 38.7 Å². The van der Waals surface area contributed by atoms with Crippen LogP contribution in [0.25, 0.3) is 0 Å². The number of morpholine rings is 1. The van der Waals surface area contributed by atoms with E-state index >= 15 is 0 Å². The van der Waals surface area contributed by atoms with E-state index in [0.29, 0.717) is 37.6 Å². The second-order valence-corrected chi connectivity index (χ2v) is 8.44. The summed E-state index contributed by atoms with van der Waals surface area (Å²) in [6, 6.07) is 3.06. The second kappa shape index (κ2) is 11.0. The Morgan fingerprint density at radius 1 is 1.17 bits per heavy atom. The maximum Gasteiger partial charge on any atom is 0.266 e. The van der Waals surface area contributed by atoms with E-state index in [-0.39, 0.29) is 29.1 Å². The molecule has 2 fully saturated rings. The average molecular weight is 516 g/mol. The van der Waals surface area contributed by atoms with Gasteiger partial charge in [-0.3, -0.25) is 10.2 Å². The molecule has 190 valence electrons. The van der Waals surface area contributed by atoms with Gasteiger partial charge in [0.1, 0.15) is 17.7 Å². The molecule has 2 atom stereocenters. The van der Waals surface area contributed by atoms with Gasteiger partial charge in [-0.1, -0.05) is 18.2 Å². The van der Waals surface area contributed by atoms with E-state index in [1.165, 1.54) is 19.1 Å². The Morgan fingerprint density at radius 3 is 2.57 bits per heavy atom. The molecule has 0 spiro atoms. The standard InChI is InChI=1S/C22H25ClF3N5O4/c1-11(13-4-3-5-14(17(13)24)19(25)26)27-20-16(21-34-8-9-35-21)18(28-22(23)29-20)15-10-31(6-7-33-15)30-12(2)32/h3-5,11,15,19,21H,6-10H2,1-2H3,(H,30,32)(H,27,28,29)/t11?,15-/m1/s1. The van der Waals surface area contributed by atoms with Crippen LogP contribution in [0, 0.1) is 5.82 Å². The first-order chi connectivity index (χ1) is 16.7. The van der Waals surface area contributed by atoms with Crippen molar-refractivity contribution in [3.63, 3.8) is 0 Å². The number of alkyl halides is 2. The molecule has 1 amide bonds. The van der Waals surface area contributed by atoms with Gasteiger partial charge < -0.3 is 19.5 Å². The molecule has 0 bridgehead atoms. The summed E-state index contributed by atoms with van der Waals surface area (Å²) in [5.74, 6) is -1.03. The minimum absolute atomic E-state index is 0.0315. The number of ether oxygens (including phenoxy) is 3. The number of rotatable bonds is 7. The van der Waals surface area contributed by atoms with Crippen LogP contribution in [0.15, 0.2) is 18.2 Å². The molecule has 2 N–H and O–H groups in total. The van der Waals surface area contributed by atoms with Gasteiger partial charge in [0.15, 0.2) is 6.29 Å². The van der Waals surface area contributed by atoms with Crippen molar-refractivity contribution in [3.8, 4) is 0 Å². The van der Waals surface area contributed by atoms with Crippen molar-refractivity contribution in [1.29, 1.82) is 0 Å². The van der Waals surface area contributed by atoms with E-state index in [9.17, 15) is 18.0 Å². The Morgan fingerprint density at radius 2 is 1.89 bits per heavy atom. The summed E-state index contributed by atoms with van der Waals surface area (Å²) in [6.45, 7) is 4.73. The fourth-order valence-electron chi connectivity index (χ4n) is 4.06. The zero-order chi connectivity index (χ0) is 25.1. The molecule has 2 saturated heterocycles. The molecule has 1 aromatic heterocycles. The van der Waals surface area contributed by atoms with E-state index in [2.05, 4.69) is 20.7 Å².